The van der Waals surface area contributed by atoms with Gasteiger partial charge in [0.15, 0.2) is 5.65 Å². The highest BCUT2D eigenvalue weighted by atomic mass is 16.6. The van der Waals surface area contributed by atoms with Crippen LogP contribution in [-0.2, 0) is 0 Å². The van der Waals surface area contributed by atoms with E-state index < -0.39 is 4.92 Å². The molecular weight excluding hydrogens is 296 g/mol. The van der Waals surface area contributed by atoms with Crippen LogP contribution in [0.5, 0.6) is 0 Å². The van der Waals surface area contributed by atoms with Crippen molar-refractivity contribution in [3.8, 4) is 11.1 Å². The number of rotatable bonds is 3. The molecule has 2 aromatic heterocycles. The van der Waals surface area contributed by atoms with Crippen LogP contribution < -0.4 is 5.56 Å². The number of nitrogens with zero attached hydrogens (tertiary/aromatic N) is 3. The van der Waals surface area contributed by atoms with E-state index in [2.05, 4.69) is 10.1 Å². The number of H-pyrrole nitrogens is 1. The number of non-ortho nitro benzene ring substituents is 1. The Morgan fingerprint density at radius 2 is 1.91 bits per heavy atom. The summed E-state index contributed by atoms with van der Waals surface area (Å²) in [6.07, 6.45) is 1.69. The average Bonchev–Trinajstić information content (AvgIpc) is 2.90. The quantitative estimate of drug-likeness (QED) is 0.594. The number of hydrogen-bond acceptors (Lipinski definition) is 4. The van der Waals surface area contributed by atoms with Crippen LogP contribution in [0.25, 0.3) is 16.8 Å². The lowest BCUT2D eigenvalue weighted by Gasteiger charge is -2.08. The number of aryl methyl sites for hydroxylation is 1. The summed E-state index contributed by atoms with van der Waals surface area (Å²) >= 11 is 0. The first-order valence-corrected chi connectivity index (χ1v) is 7.25. The average molecular weight is 312 g/mol. The van der Waals surface area contributed by atoms with Crippen molar-refractivity contribution in [3.63, 3.8) is 0 Å². The van der Waals surface area contributed by atoms with Gasteiger partial charge in [0, 0.05) is 35.2 Å². The summed E-state index contributed by atoms with van der Waals surface area (Å²) in [6.45, 7) is 5.74. The Morgan fingerprint density at radius 3 is 2.48 bits per heavy atom. The number of hydrogen-bond donors (Lipinski definition) is 1. The van der Waals surface area contributed by atoms with Crippen molar-refractivity contribution in [2.45, 2.75) is 26.7 Å². The highest BCUT2D eigenvalue weighted by Gasteiger charge is 2.17. The van der Waals surface area contributed by atoms with E-state index in [-0.39, 0.29) is 17.2 Å². The van der Waals surface area contributed by atoms with Crippen molar-refractivity contribution in [2.75, 3.05) is 0 Å². The van der Waals surface area contributed by atoms with Gasteiger partial charge < -0.3 is 0 Å². The number of nitro groups is 1. The molecule has 0 radical (unpaired) electrons. The van der Waals surface area contributed by atoms with Crippen LogP contribution in [0.1, 0.15) is 31.0 Å². The summed E-state index contributed by atoms with van der Waals surface area (Å²) in [5.41, 5.74) is 3.30. The number of benzene rings is 1. The molecule has 0 unspecified atom stereocenters. The zero-order valence-corrected chi connectivity index (χ0v) is 13.0. The largest absolute Gasteiger partial charge is 0.296 e. The van der Waals surface area contributed by atoms with Crippen molar-refractivity contribution >= 4 is 11.3 Å². The van der Waals surface area contributed by atoms with Crippen LogP contribution in [-0.4, -0.2) is 19.5 Å². The minimum Gasteiger partial charge on any atom is -0.296 e. The molecule has 1 aromatic carbocycles. The van der Waals surface area contributed by atoms with Crippen LogP contribution in [0.3, 0.4) is 0 Å². The van der Waals surface area contributed by atoms with Gasteiger partial charge in [-0.15, -0.1) is 0 Å². The SMILES string of the molecule is Cc1nc2c(-c3ccc([N+](=O)[O-])cc3)c[nH]n2c(=O)c1C(C)C. The summed E-state index contributed by atoms with van der Waals surface area (Å²) in [7, 11) is 0. The highest BCUT2D eigenvalue weighted by molar-refractivity contribution is 5.77. The minimum atomic E-state index is -0.444. The Morgan fingerprint density at radius 1 is 1.26 bits per heavy atom. The number of aromatic amines is 1. The maximum Gasteiger partial charge on any atom is 0.276 e. The van der Waals surface area contributed by atoms with E-state index in [9.17, 15) is 14.9 Å². The fourth-order valence-electron chi connectivity index (χ4n) is 2.77. The van der Waals surface area contributed by atoms with Crippen molar-refractivity contribution < 1.29 is 4.92 Å². The molecule has 1 N–H and O–H groups in total. The maximum atomic E-state index is 12.6. The van der Waals surface area contributed by atoms with E-state index in [0.717, 1.165) is 11.1 Å². The summed E-state index contributed by atoms with van der Waals surface area (Å²) in [6, 6.07) is 6.18. The van der Waals surface area contributed by atoms with Gasteiger partial charge in [-0.2, -0.15) is 0 Å². The van der Waals surface area contributed by atoms with E-state index in [1.54, 1.807) is 18.3 Å². The van der Waals surface area contributed by atoms with Gasteiger partial charge in [0.25, 0.3) is 11.2 Å². The van der Waals surface area contributed by atoms with E-state index in [1.807, 2.05) is 20.8 Å². The van der Waals surface area contributed by atoms with Crippen LogP contribution in [0.2, 0.25) is 0 Å². The van der Waals surface area contributed by atoms with Gasteiger partial charge in [-0.25, -0.2) is 9.50 Å². The number of fused-ring (bicyclic) bond motifs is 1. The molecule has 0 aliphatic carbocycles. The van der Waals surface area contributed by atoms with Gasteiger partial charge in [0.05, 0.1) is 4.92 Å². The van der Waals surface area contributed by atoms with Crippen LogP contribution in [0.4, 0.5) is 5.69 Å². The van der Waals surface area contributed by atoms with Crippen molar-refractivity contribution in [3.05, 3.63) is 62.2 Å². The molecule has 3 rings (SSSR count). The molecular formula is C16H16N4O3. The fourth-order valence-corrected chi connectivity index (χ4v) is 2.77. The lowest BCUT2D eigenvalue weighted by molar-refractivity contribution is -0.384. The van der Waals surface area contributed by atoms with Crippen LogP contribution in [0, 0.1) is 17.0 Å². The molecule has 7 nitrogen and oxygen atoms in total. The molecule has 0 saturated heterocycles. The molecule has 2 heterocycles. The Bertz CT molecular complexity index is 952. The zero-order chi connectivity index (χ0) is 16.7. The van der Waals surface area contributed by atoms with Crippen molar-refractivity contribution in [1.82, 2.24) is 14.6 Å². The number of aromatic nitrogens is 3. The molecule has 0 fully saturated rings. The van der Waals surface area contributed by atoms with E-state index >= 15 is 0 Å². The number of nitro benzene ring substituents is 1. The summed E-state index contributed by atoms with van der Waals surface area (Å²) in [4.78, 5) is 27.4. The molecule has 0 bridgehead atoms. The van der Waals surface area contributed by atoms with E-state index in [4.69, 9.17) is 0 Å². The molecule has 0 aliphatic rings. The summed E-state index contributed by atoms with van der Waals surface area (Å²) in [5, 5.41) is 13.7. The van der Waals surface area contributed by atoms with E-state index in [0.29, 0.717) is 16.9 Å². The Kier molecular flexibility index (Phi) is 3.48. The Labute approximate surface area is 131 Å². The van der Waals surface area contributed by atoms with Crippen molar-refractivity contribution in [2.24, 2.45) is 0 Å². The molecule has 0 saturated carbocycles. The lowest BCUT2D eigenvalue weighted by atomic mass is 10.0. The second kappa shape index (κ2) is 5.35. The third kappa shape index (κ3) is 2.40. The second-order valence-corrected chi connectivity index (χ2v) is 5.72. The van der Waals surface area contributed by atoms with E-state index in [1.165, 1.54) is 16.6 Å². The minimum absolute atomic E-state index is 0.0250. The third-order valence-electron chi connectivity index (χ3n) is 3.85. The highest BCUT2D eigenvalue weighted by Crippen LogP contribution is 2.26. The van der Waals surface area contributed by atoms with Crippen LogP contribution >= 0.6 is 0 Å². The molecule has 7 heteroatoms. The predicted molar refractivity (Wildman–Crippen MR) is 86.7 cm³/mol. The Hall–Kier alpha value is -2.96. The third-order valence-corrected chi connectivity index (χ3v) is 3.85. The first kappa shape index (κ1) is 15.0. The van der Waals surface area contributed by atoms with Gasteiger partial charge in [-0.1, -0.05) is 13.8 Å². The molecule has 118 valence electrons. The maximum absolute atomic E-state index is 12.6. The standard InChI is InChI=1S/C16H16N4O3/c1-9(2)14-10(3)18-15-13(8-17-19(15)16(14)21)11-4-6-12(7-5-11)20(22)23/h4-9,17H,1-3H3. The van der Waals surface area contributed by atoms with Crippen LogP contribution in [0.15, 0.2) is 35.3 Å². The molecule has 23 heavy (non-hydrogen) atoms. The first-order chi connectivity index (χ1) is 10.9. The Balaban J connectivity index is 2.20. The monoisotopic (exact) mass is 312 g/mol. The van der Waals surface area contributed by atoms with Gasteiger partial charge in [0.2, 0.25) is 0 Å². The normalized spacial score (nSPS) is 11.3. The van der Waals surface area contributed by atoms with Gasteiger partial charge in [-0.05, 0) is 30.5 Å². The summed E-state index contributed by atoms with van der Waals surface area (Å²) in [5.74, 6) is 0.0815. The smallest absolute Gasteiger partial charge is 0.276 e. The van der Waals surface area contributed by atoms with Gasteiger partial charge >= 0.3 is 0 Å². The van der Waals surface area contributed by atoms with Gasteiger partial charge in [-0.3, -0.25) is 20.0 Å². The molecule has 0 aliphatic heterocycles. The topological polar surface area (TPSA) is 93.3 Å². The lowest BCUT2D eigenvalue weighted by Crippen LogP contribution is -2.22. The zero-order valence-electron chi connectivity index (χ0n) is 13.0. The molecule has 0 amide bonds. The van der Waals surface area contributed by atoms with Gasteiger partial charge in [0.1, 0.15) is 0 Å². The summed E-state index contributed by atoms with van der Waals surface area (Å²) < 4.78 is 1.42. The predicted octanol–water partition coefficient (Wildman–Crippen LogP) is 3.03. The van der Waals surface area contributed by atoms with Crippen molar-refractivity contribution in [1.29, 1.82) is 0 Å². The molecule has 0 atom stereocenters. The number of nitrogens with one attached hydrogen (secondary N) is 1. The molecule has 3 aromatic rings. The fraction of sp³-hybridized carbons (Fsp3) is 0.250. The molecule has 0 spiro atoms. The second-order valence-electron chi connectivity index (χ2n) is 5.72. The first-order valence-electron chi connectivity index (χ1n) is 7.25.